The van der Waals surface area contributed by atoms with Crippen molar-refractivity contribution in [1.29, 1.82) is 0 Å². The molecule has 1 aromatic carbocycles. The molecule has 0 unspecified atom stereocenters. The second kappa shape index (κ2) is 5.65. The van der Waals surface area contributed by atoms with E-state index in [-0.39, 0.29) is 17.9 Å². The fourth-order valence-electron chi connectivity index (χ4n) is 1.82. The summed E-state index contributed by atoms with van der Waals surface area (Å²) in [4.78, 5) is 11.9. The number of anilines is 1. The molecule has 0 amide bonds. The average Bonchev–Trinajstić information content (AvgIpc) is 2.37. The SMILES string of the molecule is CCNc1cnn(Cc2cc(F)ccc2C)c(=O)c1. The van der Waals surface area contributed by atoms with Crippen LogP contribution >= 0.6 is 0 Å². The molecular weight excluding hydrogens is 245 g/mol. The van der Waals surface area contributed by atoms with Gasteiger partial charge in [-0.25, -0.2) is 9.07 Å². The van der Waals surface area contributed by atoms with E-state index in [0.717, 1.165) is 17.7 Å². The van der Waals surface area contributed by atoms with Crippen LogP contribution in [0.1, 0.15) is 18.1 Å². The third-order valence-electron chi connectivity index (χ3n) is 2.88. The first kappa shape index (κ1) is 13.3. The van der Waals surface area contributed by atoms with Gasteiger partial charge in [0.1, 0.15) is 5.82 Å². The van der Waals surface area contributed by atoms with Crippen molar-refractivity contribution < 1.29 is 4.39 Å². The zero-order valence-electron chi connectivity index (χ0n) is 11.0. The summed E-state index contributed by atoms with van der Waals surface area (Å²) in [6.07, 6.45) is 1.60. The lowest BCUT2D eigenvalue weighted by Gasteiger charge is -2.09. The molecule has 1 aromatic heterocycles. The molecule has 0 aliphatic heterocycles. The first-order chi connectivity index (χ1) is 9.10. The van der Waals surface area contributed by atoms with Gasteiger partial charge in [-0.3, -0.25) is 4.79 Å². The Morgan fingerprint density at radius 2 is 2.16 bits per heavy atom. The van der Waals surface area contributed by atoms with E-state index in [0.29, 0.717) is 5.69 Å². The molecule has 0 spiro atoms. The largest absolute Gasteiger partial charge is 0.384 e. The third-order valence-corrected chi connectivity index (χ3v) is 2.88. The number of hydrogen-bond donors (Lipinski definition) is 1. The van der Waals surface area contributed by atoms with Crippen molar-refractivity contribution in [3.8, 4) is 0 Å². The number of halogens is 1. The van der Waals surface area contributed by atoms with E-state index in [1.165, 1.54) is 22.9 Å². The molecule has 1 N–H and O–H groups in total. The van der Waals surface area contributed by atoms with Gasteiger partial charge in [0, 0.05) is 12.6 Å². The van der Waals surface area contributed by atoms with E-state index in [1.54, 1.807) is 12.3 Å². The first-order valence-electron chi connectivity index (χ1n) is 6.16. The second-order valence-corrected chi connectivity index (χ2v) is 4.34. The minimum absolute atomic E-state index is 0.206. The van der Waals surface area contributed by atoms with Crippen LogP contribution in [0.5, 0.6) is 0 Å². The fraction of sp³-hybridized carbons (Fsp3) is 0.286. The number of nitrogens with zero attached hydrogens (tertiary/aromatic N) is 2. The Balaban J connectivity index is 2.28. The normalized spacial score (nSPS) is 10.5. The summed E-state index contributed by atoms with van der Waals surface area (Å²) >= 11 is 0. The molecule has 0 fully saturated rings. The molecule has 5 heteroatoms. The zero-order chi connectivity index (χ0) is 13.8. The Labute approximate surface area is 110 Å². The number of aryl methyl sites for hydroxylation is 1. The minimum Gasteiger partial charge on any atom is -0.384 e. The van der Waals surface area contributed by atoms with Gasteiger partial charge in [0.2, 0.25) is 0 Å². The van der Waals surface area contributed by atoms with Crippen LogP contribution in [0, 0.1) is 12.7 Å². The van der Waals surface area contributed by atoms with Crippen LogP contribution in [0.4, 0.5) is 10.1 Å². The van der Waals surface area contributed by atoms with E-state index >= 15 is 0 Å². The molecule has 1 heterocycles. The maximum absolute atomic E-state index is 13.2. The smallest absolute Gasteiger partial charge is 0.269 e. The Hall–Kier alpha value is -2.17. The van der Waals surface area contributed by atoms with Crippen molar-refractivity contribution in [2.45, 2.75) is 20.4 Å². The predicted molar refractivity (Wildman–Crippen MR) is 72.9 cm³/mol. The molecule has 19 heavy (non-hydrogen) atoms. The quantitative estimate of drug-likeness (QED) is 0.917. The number of rotatable bonds is 4. The highest BCUT2D eigenvalue weighted by atomic mass is 19.1. The summed E-state index contributed by atoms with van der Waals surface area (Å²) in [5.41, 5.74) is 2.18. The van der Waals surface area contributed by atoms with Crippen LogP contribution in [0.3, 0.4) is 0 Å². The fourth-order valence-corrected chi connectivity index (χ4v) is 1.82. The van der Waals surface area contributed by atoms with E-state index in [9.17, 15) is 9.18 Å². The van der Waals surface area contributed by atoms with Gasteiger partial charge in [0.25, 0.3) is 5.56 Å². The van der Waals surface area contributed by atoms with Crippen LogP contribution in [-0.4, -0.2) is 16.3 Å². The molecule has 0 aliphatic rings. The van der Waals surface area contributed by atoms with Gasteiger partial charge in [-0.2, -0.15) is 5.10 Å². The van der Waals surface area contributed by atoms with Gasteiger partial charge in [0.05, 0.1) is 18.4 Å². The van der Waals surface area contributed by atoms with Crippen molar-refractivity contribution in [3.63, 3.8) is 0 Å². The van der Waals surface area contributed by atoms with Crippen LogP contribution in [-0.2, 0) is 6.54 Å². The molecule has 0 radical (unpaired) electrons. The summed E-state index contributed by atoms with van der Waals surface area (Å²) in [6, 6.07) is 6.03. The molecule has 0 atom stereocenters. The molecule has 2 aromatic rings. The zero-order valence-corrected chi connectivity index (χ0v) is 11.0. The van der Waals surface area contributed by atoms with Crippen LogP contribution < -0.4 is 10.9 Å². The molecular formula is C14H16FN3O. The number of aromatic nitrogens is 2. The van der Waals surface area contributed by atoms with Gasteiger partial charge >= 0.3 is 0 Å². The van der Waals surface area contributed by atoms with E-state index in [1.807, 2.05) is 13.8 Å². The lowest BCUT2D eigenvalue weighted by Crippen LogP contribution is -2.23. The van der Waals surface area contributed by atoms with E-state index < -0.39 is 0 Å². The van der Waals surface area contributed by atoms with Crippen LogP contribution in [0.15, 0.2) is 35.3 Å². The summed E-state index contributed by atoms with van der Waals surface area (Å²) < 4.78 is 14.5. The third kappa shape index (κ3) is 3.19. The standard InChI is InChI=1S/C14H16FN3O/c1-3-16-13-7-14(19)18(17-8-13)9-11-6-12(15)5-4-10(11)2/h4-8,16H,3,9H2,1-2H3. The summed E-state index contributed by atoms with van der Waals surface area (Å²) in [6.45, 7) is 4.83. The average molecular weight is 261 g/mol. The topological polar surface area (TPSA) is 46.9 Å². The number of hydrogen-bond acceptors (Lipinski definition) is 3. The molecule has 0 saturated carbocycles. The van der Waals surface area contributed by atoms with Gasteiger partial charge in [-0.1, -0.05) is 6.07 Å². The maximum Gasteiger partial charge on any atom is 0.269 e. The molecule has 0 bridgehead atoms. The van der Waals surface area contributed by atoms with Gasteiger partial charge in [0.15, 0.2) is 0 Å². The Kier molecular flexibility index (Phi) is 3.94. The molecule has 4 nitrogen and oxygen atoms in total. The van der Waals surface area contributed by atoms with Crippen LogP contribution in [0.25, 0.3) is 0 Å². The number of benzene rings is 1. The van der Waals surface area contributed by atoms with Crippen molar-refractivity contribution >= 4 is 5.69 Å². The highest BCUT2D eigenvalue weighted by Gasteiger charge is 2.05. The molecule has 0 saturated heterocycles. The lowest BCUT2D eigenvalue weighted by molar-refractivity contribution is 0.609. The maximum atomic E-state index is 13.2. The summed E-state index contributed by atoms with van der Waals surface area (Å²) in [7, 11) is 0. The highest BCUT2D eigenvalue weighted by Crippen LogP contribution is 2.11. The van der Waals surface area contributed by atoms with Gasteiger partial charge < -0.3 is 5.32 Å². The Morgan fingerprint density at radius 1 is 1.37 bits per heavy atom. The summed E-state index contributed by atoms with van der Waals surface area (Å²) in [5.74, 6) is -0.307. The van der Waals surface area contributed by atoms with Gasteiger partial charge in [-0.15, -0.1) is 0 Å². The predicted octanol–water partition coefficient (Wildman–Crippen LogP) is 2.17. The van der Waals surface area contributed by atoms with Gasteiger partial charge in [-0.05, 0) is 37.1 Å². The Bertz CT molecular complexity index is 637. The first-order valence-corrected chi connectivity index (χ1v) is 6.16. The monoisotopic (exact) mass is 261 g/mol. The molecule has 2 rings (SSSR count). The molecule has 100 valence electrons. The highest BCUT2D eigenvalue weighted by molar-refractivity contribution is 5.38. The summed E-state index contributed by atoms with van der Waals surface area (Å²) in [5, 5.41) is 7.11. The van der Waals surface area contributed by atoms with Crippen molar-refractivity contribution in [2.24, 2.45) is 0 Å². The second-order valence-electron chi connectivity index (χ2n) is 4.34. The van der Waals surface area contributed by atoms with E-state index in [4.69, 9.17) is 0 Å². The molecule has 0 aliphatic carbocycles. The van der Waals surface area contributed by atoms with Crippen molar-refractivity contribution in [3.05, 3.63) is 57.8 Å². The van der Waals surface area contributed by atoms with E-state index in [2.05, 4.69) is 10.4 Å². The number of nitrogens with one attached hydrogen (secondary N) is 1. The van der Waals surface area contributed by atoms with Crippen molar-refractivity contribution in [1.82, 2.24) is 9.78 Å². The minimum atomic E-state index is -0.307. The Morgan fingerprint density at radius 3 is 2.84 bits per heavy atom. The van der Waals surface area contributed by atoms with Crippen molar-refractivity contribution in [2.75, 3.05) is 11.9 Å². The lowest BCUT2D eigenvalue weighted by atomic mass is 10.1. The van der Waals surface area contributed by atoms with Crippen LogP contribution in [0.2, 0.25) is 0 Å².